The van der Waals surface area contributed by atoms with Crippen molar-refractivity contribution in [1.82, 2.24) is 4.90 Å². The molecular formula is C26H30N2O5. The average molecular weight is 451 g/mol. The molecule has 2 heterocycles. The molecule has 2 aromatic carbocycles. The molecule has 7 nitrogen and oxygen atoms in total. The van der Waals surface area contributed by atoms with E-state index in [0.717, 1.165) is 5.56 Å². The summed E-state index contributed by atoms with van der Waals surface area (Å²) < 4.78 is 16.9. The Kier molecular flexibility index (Phi) is 6.42. The first-order chi connectivity index (χ1) is 15.8. The maximum absolute atomic E-state index is 13.8. The number of morpholine rings is 1. The summed E-state index contributed by atoms with van der Waals surface area (Å²) >= 11 is 0. The van der Waals surface area contributed by atoms with Crippen molar-refractivity contribution >= 4 is 23.1 Å². The Bertz CT molecular complexity index is 1080. The highest BCUT2D eigenvalue weighted by Gasteiger charge is 2.44. The van der Waals surface area contributed by atoms with E-state index in [1.165, 1.54) is 12.0 Å². The number of rotatable bonds is 6. The molecule has 174 valence electrons. The van der Waals surface area contributed by atoms with Crippen molar-refractivity contribution in [2.24, 2.45) is 0 Å². The van der Waals surface area contributed by atoms with Crippen molar-refractivity contribution in [3.63, 3.8) is 0 Å². The first kappa shape index (κ1) is 22.9. The summed E-state index contributed by atoms with van der Waals surface area (Å²) in [4.78, 5) is 30.9. The van der Waals surface area contributed by atoms with Gasteiger partial charge in [-0.1, -0.05) is 18.2 Å². The maximum atomic E-state index is 13.8. The van der Waals surface area contributed by atoms with Gasteiger partial charge in [-0.25, -0.2) is 4.90 Å². The minimum atomic E-state index is -0.366. The van der Waals surface area contributed by atoms with Crippen LogP contribution in [0.25, 0.3) is 5.57 Å². The highest BCUT2D eigenvalue weighted by atomic mass is 16.5. The average Bonchev–Trinajstić information content (AvgIpc) is 3.03. The maximum Gasteiger partial charge on any atom is 0.282 e. The lowest BCUT2D eigenvalue weighted by molar-refractivity contribution is -0.121. The number of anilines is 1. The fourth-order valence-electron chi connectivity index (χ4n) is 4.51. The smallest absolute Gasteiger partial charge is 0.282 e. The highest BCUT2D eigenvalue weighted by molar-refractivity contribution is 6.45. The summed E-state index contributed by atoms with van der Waals surface area (Å²) in [6.07, 6.45) is -0.124. The van der Waals surface area contributed by atoms with Gasteiger partial charge in [0.05, 0.1) is 37.2 Å². The molecular weight excluding hydrogens is 420 g/mol. The number of aryl methyl sites for hydroxylation is 1. The van der Waals surface area contributed by atoms with Gasteiger partial charge in [0.25, 0.3) is 11.8 Å². The van der Waals surface area contributed by atoms with E-state index < -0.39 is 0 Å². The Balaban J connectivity index is 1.84. The van der Waals surface area contributed by atoms with Gasteiger partial charge in [0.2, 0.25) is 0 Å². The number of imide groups is 1. The molecule has 2 atom stereocenters. The van der Waals surface area contributed by atoms with E-state index in [2.05, 4.69) is 0 Å². The van der Waals surface area contributed by atoms with Crippen molar-refractivity contribution in [2.45, 2.75) is 39.9 Å². The molecule has 0 aromatic heterocycles. The monoisotopic (exact) mass is 450 g/mol. The largest absolute Gasteiger partial charge is 0.495 e. The third-order valence-electron chi connectivity index (χ3n) is 5.82. The predicted octanol–water partition coefficient (Wildman–Crippen LogP) is 3.80. The Hall–Kier alpha value is -3.32. The second kappa shape index (κ2) is 9.27. The molecule has 0 spiro atoms. The van der Waals surface area contributed by atoms with Gasteiger partial charge in [-0.2, -0.15) is 0 Å². The van der Waals surface area contributed by atoms with Crippen molar-refractivity contribution in [2.75, 3.05) is 31.7 Å². The van der Waals surface area contributed by atoms with E-state index in [1.807, 2.05) is 62.9 Å². The van der Waals surface area contributed by atoms with Gasteiger partial charge in [0.1, 0.15) is 17.2 Å². The number of carbonyl (C=O) groups is 2. The zero-order valence-corrected chi connectivity index (χ0v) is 19.8. The Labute approximate surface area is 194 Å². The number of carbonyl (C=O) groups excluding carboxylic acids is 2. The van der Waals surface area contributed by atoms with Gasteiger partial charge in [-0.05, 0) is 63.1 Å². The van der Waals surface area contributed by atoms with Gasteiger partial charge in [-0.3, -0.25) is 9.59 Å². The molecule has 2 aromatic rings. The molecule has 4 rings (SSSR count). The fraction of sp³-hybridized carbons (Fsp3) is 0.385. The first-order valence-corrected chi connectivity index (χ1v) is 11.2. The SMILES string of the molecule is CCOc1ccc(C2=C(N3CC(C)OC(C)C3)C(=O)N(c3cc(C)ccc3OC)C2=O)cc1. The fourth-order valence-corrected chi connectivity index (χ4v) is 4.51. The third-order valence-corrected chi connectivity index (χ3v) is 5.82. The molecule has 0 radical (unpaired) electrons. The van der Waals surface area contributed by atoms with Crippen LogP contribution in [0.1, 0.15) is 31.9 Å². The summed E-state index contributed by atoms with van der Waals surface area (Å²) in [5, 5.41) is 0. The normalized spacial score (nSPS) is 21.1. The van der Waals surface area contributed by atoms with Crippen LogP contribution in [0.3, 0.4) is 0 Å². The highest BCUT2D eigenvalue weighted by Crippen LogP contribution is 2.40. The number of nitrogens with zero attached hydrogens (tertiary/aromatic N) is 2. The van der Waals surface area contributed by atoms with E-state index >= 15 is 0 Å². The van der Waals surface area contributed by atoms with E-state index in [4.69, 9.17) is 14.2 Å². The molecule has 0 aliphatic carbocycles. The van der Waals surface area contributed by atoms with Crippen LogP contribution in [0.15, 0.2) is 48.2 Å². The number of benzene rings is 2. The van der Waals surface area contributed by atoms with Gasteiger partial charge in [0.15, 0.2) is 0 Å². The quantitative estimate of drug-likeness (QED) is 0.624. The standard InChI is InChI=1S/C26H30N2O5/c1-6-32-20-10-8-19(9-11-20)23-24(27-14-17(3)33-18(4)15-27)26(30)28(25(23)29)21-13-16(2)7-12-22(21)31-5/h7-13,17-18H,6,14-15H2,1-5H3. The lowest BCUT2D eigenvalue weighted by Gasteiger charge is -2.37. The summed E-state index contributed by atoms with van der Waals surface area (Å²) in [6.45, 7) is 9.39. The van der Waals surface area contributed by atoms with Crippen LogP contribution < -0.4 is 14.4 Å². The zero-order valence-electron chi connectivity index (χ0n) is 19.8. The Morgan fingerprint density at radius 3 is 2.27 bits per heavy atom. The number of ether oxygens (including phenoxy) is 3. The van der Waals surface area contributed by atoms with Crippen LogP contribution in [0.2, 0.25) is 0 Å². The minimum absolute atomic E-state index is 0.0618. The molecule has 0 saturated carbocycles. The second-order valence-electron chi connectivity index (χ2n) is 8.46. The summed E-state index contributed by atoms with van der Waals surface area (Å²) in [5.74, 6) is 0.466. The van der Waals surface area contributed by atoms with Crippen molar-refractivity contribution in [3.8, 4) is 11.5 Å². The van der Waals surface area contributed by atoms with E-state index in [9.17, 15) is 9.59 Å². The summed E-state index contributed by atoms with van der Waals surface area (Å²) in [7, 11) is 1.53. The van der Waals surface area contributed by atoms with Crippen LogP contribution in [0.5, 0.6) is 11.5 Å². The van der Waals surface area contributed by atoms with Crippen molar-refractivity contribution in [1.29, 1.82) is 0 Å². The zero-order chi connectivity index (χ0) is 23.7. The van der Waals surface area contributed by atoms with Crippen molar-refractivity contribution in [3.05, 3.63) is 59.3 Å². The molecule has 33 heavy (non-hydrogen) atoms. The molecule has 0 bridgehead atoms. The van der Waals surface area contributed by atoms with Crippen molar-refractivity contribution < 1.29 is 23.8 Å². The van der Waals surface area contributed by atoms with E-state index in [0.29, 0.717) is 53.7 Å². The summed E-state index contributed by atoms with van der Waals surface area (Å²) in [5.41, 5.74) is 2.83. The third kappa shape index (κ3) is 4.33. The lowest BCUT2D eigenvalue weighted by Crippen LogP contribution is -2.47. The number of methoxy groups -OCH3 is 1. The van der Waals surface area contributed by atoms with Gasteiger partial charge in [-0.15, -0.1) is 0 Å². The number of hydrogen-bond acceptors (Lipinski definition) is 6. The Morgan fingerprint density at radius 1 is 1.00 bits per heavy atom. The van der Waals surface area contributed by atoms with Crippen LogP contribution in [0.4, 0.5) is 5.69 Å². The molecule has 7 heteroatoms. The second-order valence-corrected chi connectivity index (χ2v) is 8.46. The van der Waals surface area contributed by atoms with Crippen LogP contribution in [0, 0.1) is 6.92 Å². The Morgan fingerprint density at radius 2 is 1.67 bits per heavy atom. The topological polar surface area (TPSA) is 68.3 Å². The summed E-state index contributed by atoms with van der Waals surface area (Å²) in [6, 6.07) is 12.8. The molecule has 2 amide bonds. The van der Waals surface area contributed by atoms with Gasteiger partial charge < -0.3 is 19.1 Å². The molecule has 0 N–H and O–H groups in total. The minimum Gasteiger partial charge on any atom is -0.495 e. The lowest BCUT2D eigenvalue weighted by atomic mass is 10.0. The van der Waals surface area contributed by atoms with Gasteiger partial charge in [0, 0.05) is 13.1 Å². The molecule has 2 aliphatic rings. The first-order valence-electron chi connectivity index (χ1n) is 11.2. The van der Waals surface area contributed by atoms with Gasteiger partial charge >= 0.3 is 0 Å². The van der Waals surface area contributed by atoms with E-state index in [-0.39, 0.29) is 24.0 Å². The number of hydrogen-bond donors (Lipinski definition) is 0. The van der Waals surface area contributed by atoms with Crippen LogP contribution >= 0.6 is 0 Å². The van der Waals surface area contributed by atoms with E-state index in [1.54, 1.807) is 12.1 Å². The number of amides is 2. The molecule has 2 aliphatic heterocycles. The molecule has 2 unspecified atom stereocenters. The molecule has 1 saturated heterocycles. The van der Waals surface area contributed by atoms with Crippen LogP contribution in [-0.2, 0) is 14.3 Å². The predicted molar refractivity (Wildman–Crippen MR) is 126 cm³/mol. The van der Waals surface area contributed by atoms with Crippen LogP contribution in [-0.4, -0.2) is 55.7 Å². The molecule has 1 fully saturated rings.